The van der Waals surface area contributed by atoms with Crippen LogP contribution in [0, 0.1) is 5.92 Å². The summed E-state index contributed by atoms with van der Waals surface area (Å²) >= 11 is 0. The van der Waals surface area contributed by atoms with Crippen molar-refractivity contribution in [3.8, 4) is 0 Å². The molecule has 0 aliphatic carbocycles. The van der Waals surface area contributed by atoms with Gasteiger partial charge < -0.3 is 11.1 Å². The first-order valence-corrected chi connectivity index (χ1v) is 6.96. The molecule has 1 aliphatic rings. The predicted octanol–water partition coefficient (Wildman–Crippen LogP) is 1.75. The van der Waals surface area contributed by atoms with Gasteiger partial charge in [-0.25, -0.2) is 0 Å². The zero-order valence-electron chi connectivity index (χ0n) is 11.5. The Hall–Kier alpha value is -0.900. The summed E-state index contributed by atoms with van der Waals surface area (Å²) in [6.07, 6.45) is 1.18. The van der Waals surface area contributed by atoms with Crippen LogP contribution >= 0.6 is 0 Å². The Balaban J connectivity index is 1.99. The number of nitrogens with two attached hydrogens (primary N) is 1. The number of nitrogens with zero attached hydrogens (tertiary/aromatic N) is 1. The minimum Gasteiger partial charge on any atom is -0.314 e. The van der Waals surface area contributed by atoms with Gasteiger partial charge in [0.15, 0.2) is 0 Å². The van der Waals surface area contributed by atoms with Crippen LogP contribution in [0.3, 0.4) is 0 Å². The van der Waals surface area contributed by atoms with Crippen molar-refractivity contribution < 1.29 is 0 Å². The minimum absolute atomic E-state index is 0.0419. The summed E-state index contributed by atoms with van der Waals surface area (Å²) in [6.45, 7) is 8.66. The summed E-state index contributed by atoms with van der Waals surface area (Å²) in [5.41, 5.74) is 8.95. The molecular weight excluding hydrogens is 222 g/mol. The predicted molar refractivity (Wildman–Crippen MR) is 76.4 cm³/mol. The first-order valence-electron chi connectivity index (χ1n) is 6.96. The largest absolute Gasteiger partial charge is 0.314 e. The topological polar surface area (TPSA) is 41.3 Å². The molecule has 0 bridgehead atoms. The van der Waals surface area contributed by atoms with Crippen molar-refractivity contribution in [3.63, 3.8) is 0 Å². The molecule has 3 nitrogen and oxygen atoms in total. The van der Waals surface area contributed by atoms with E-state index < -0.39 is 0 Å². The van der Waals surface area contributed by atoms with Gasteiger partial charge in [0.25, 0.3) is 0 Å². The zero-order valence-corrected chi connectivity index (χ0v) is 11.5. The molecular formula is C15H25N3. The van der Waals surface area contributed by atoms with Crippen molar-refractivity contribution in [1.82, 2.24) is 10.2 Å². The molecule has 18 heavy (non-hydrogen) atoms. The lowest BCUT2D eigenvalue weighted by Gasteiger charge is -2.32. The maximum Gasteiger partial charge on any atom is 0.0836 e. The van der Waals surface area contributed by atoms with E-state index in [1.54, 1.807) is 0 Å². The van der Waals surface area contributed by atoms with E-state index in [1.165, 1.54) is 11.1 Å². The van der Waals surface area contributed by atoms with E-state index >= 15 is 0 Å². The van der Waals surface area contributed by atoms with Crippen molar-refractivity contribution in [3.05, 3.63) is 35.4 Å². The van der Waals surface area contributed by atoms with Crippen molar-refractivity contribution in [1.29, 1.82) is 0 Å². The molecule has 0 aromatic heterocycles. The van der Waals surface area contributed by atoms with Gasteiger partial charge >= 0.3 is 0 Å². The third-order valence-corrected chi connectivity index (χ3v) is 3.51. The van der Waals surface area contributed by atoms with Gasteiger partial charge in [0.1, 0.15) is 0 Å². The molecule has 1 aliphatic heterocycles. The second-order valence-electron chi connectivity index (χ2n) is 5.57. The van der Waals surface area contributed by atoms with Crippen LogP contribution in [0.15, 0.2) is 24.3 Å². The molecule has 100 valence electrons. The van der Waals surface area contributed by atoms with Crippen molar-refractivity contribution >= 4 is 0 Å². The molecule has 3 N–H and O–H groups in total. The molecule has 1 aromatic rings. The SMILES string of the molecule is CC(C)Cc1ccc(C(N)N2CCNCC2)cc1. The summed E-state index contributed by atoms with van der Waals surface area (Å²) in [5, 5.41) is 3.35. The summed E-state index contributed by atoms with van der Waals surface area (Å²) in [6, 6.07) is 8.81. The first-order chi connectivity index (χ1) is 8.66. The molecule has 2 rings (SSSR count). The van der Waals surface area contributed by atoms with Crippen LogP contribution < -0.4 is 11.1 Å². The number of hydrogen-bond acceptors (Lipinski definition) is 3. The lowest BCUT2D eigenvalue weighted by Crippen LogP contribution is -2.47. The number of hydrogen-bond donors (Lipinski definition) is 2. The van der Waals surface area contributed by atoms with Crippen LogP contribution in [-0.2, 0) is 6.42 Å². The molecule has 0 saturated carbocycles. The summed E-state index contributed by atoms with van der Waals surface area (Å²) in [4.78, 5) is 2.34. The highest BCUT2D eigenvalue weighted by atomic mass is 15.3. The first kappa shape index (κ1) is 13.5. The van der Waals surface area contributed by atoms with Crippen LogP contribution in [0.25, 0.3) is 0 Å². The fourth-order valence-corrected chi connectivity index (χ4v) is 2.49. The van der Waals surface area contributed by atoms with E-state index in [9.17, 15) is 0 Å². The Kier molecular flexibility index (Phi) is 4.75. The summed E-state index contributed by atoms with van der Waals surface area (Å²) < 4.78 is 0. The van der Waals surface area contributed by atoms with E-state index in [1.807, 2.05) is 0 Å². The molecule has 0 radical (unpaired) electrons. The highest BCUT2D eigenvalue weighted by Crippen LogP contribution is 2.17. The van der Waals surface area contributed by atoms with E-state index in [2.05, 4.69) is 48.3 Å². The van der Waals surface area contributed by atoms with Gasteiger partial charge in [-0.3, -0.25) is 4.90 Å². The third-order valence-electron chi connectivity index (χ3n) is 3.51. The molecule has 0 spiro atoms. The van der Waals surface area contributed by atoms with Crippen LogP contribution in [0.4, 0.5) is 0 Å². The van der Waals surface area contributed by atoms with Gasteiger partial charge in [-0.05, 0) is 23.5 Å². The van der Waals surface area contributed by atoms with Crippen molar-refractivity contribution in [2.75, 3.05) is 26.2 Å². The van der Waals surface area contributed by atoms with Crippen molar-refractivity contribution in [2.45, 2.75) is 26.4 Å². The van der Waals surface area contributed by atoms with E-state index in [0.717, 1.165) is 32.6 Å². The van der Waals surface area contributed by atoms with E-state index in [-0.39, 0.29) is 6.17 Å². The lowest BCUT2D eigenvalue weighted by molar-refractivity contribution is 0.177. The van der Waals surface area contributed by atoms with Gasteiger partial charge in [0, 0.05) is 26.2 Å². The van der Waals surface area contributed by atoms with Gasteiger partial charge in [-0.1, -0.05) is 38.1 Å². The highest BCUT2D eigenvalue weighted by molar-refractivity contribution is 5.25. The quantitative estimate of drug-likeness (QED) is 0.851. The Morgan fingerprint density at radius 1 is 1.17 bits per heavy atom. The Bertz CT molecular complexity index is 353. The van der Waals surface area contributed by atoms with Crippen LogP contribution in [0.1, 0.15) is 31.1 Å². The average Bonchev–Trinajstić information content (AvgIpc) is 2.39. The molecule has 1 atom stereocenters. The molecule has 1 aromatic carbocycles. The van der Waals surface area contributed by atoms with Crippen LogP contribution in [0.5, 0.6) is 0 Å². The molecule has 1 unspecified atom stereocenters. The number of benzene rings is 1. The van der Waals surface area contributed by atoms with Crippen LogP contribution in [-0.4, -0.2) is 31.1 Å². The van der Waals surface area contributed by atoms with Crippen LogP contribution in [0.2, 0.25) is 0 Å². The maximum atomic E-state index is 6.32. The smallest absolute Gasteiger partial charge is 0.0836 e. The standard InChI is InChI=1S/C15H25N3/c1-12(2)11-13-3-5-14(6-4-13)15(16)18-9-7-17-8-10-18/h3-6,12,15,17H,7-11,16H2,1-2H3. The second kappa shape index (κ2) is 6.32. The fraction of sp³-hybridized carbons (Fsp3) is 0.600. The molecule has 1 saturated heterocycles. The Morgan fingerprint density at radius 2 is 1.78 bits per heavy atom. The normalized spacial score (nSPS) is 19.1. The van der Waals surface area contributed by atoms with E-state index in [0.29, 0.717) is 5.92 Å². The Labute approximate surface area is 110 Å². The lowest BCUT2D eigenvalue weighted by atomic mass is 10.0. The van der Waals surface area contributed by atoms with Crippen molar-refractivity contribution in [2.24, 2.45) is 11.7 Å². The second-order valence-corrected chi connectivity index (χ2v) is 5.57. The van der Waals surface area contributed by atoms with Gasteiger partial charge in [-0.15, -0.1) is 0 Å². The summed E-state index contributed by atoms with van der Waals surface area (Å²) in [5.74, 6) is 0.706. The third kappa shape index (κ3) is 3.55. The van der Waals surface area contributed by atoms with Gasteiger partial charge in [-0.2, -0.15) is 0 Å². The molecule has 0 amide bonds. The minimum atomic E-state index is 0.0419. The van der Waals surface area contributed by atoms with Gasteiger partial charge in [0.2, 0.25) is 0 Å². The molecule has 3 heteroatoms. The molecule has 1 fully saturated rings. The number of rotatable bonds is 4. The maximum absolute atomic E-state index is 6.32. The Morgan fingerprint density at radius 3 is 2.33 bits per heavy atom. The zero-order chi connectivity index (χ0) is 13.0. The molecule has 1 heterocycles. The van der Waals surface area contributed by atoms with E-state index in [4.69, 9.17) is 5.73 Å². The van der Waals surface area contributed by atoms with Gasteiger partial charge in [0.05, 0.1) is 6.17 Å². The fourth-order valence-electron chi connectivity index (χ4n) is 2.49. The average molecular weight is 247 g/mol. The monoisotopic (exact) mass is 247 g/mol. The summed E-state index contributed by atoms with van der Waals surface area (Å²) in [7, 11) is 0. The number of piperazine rings is 1. The number of nitrogens with one attached hydrogen (secondary N) is 1. The highest BCUT2D eigenvalue weighted by Gasteiger charge is 2.17.